The summed E-state index contributed by atoms with van der Waals surface area (Å²) in [5.74, 6) is 0.682. The van der Waals surface area contributed by atoms with Crippen molar-refractivity contribution in [3.05, 3.63) is 29.3 Å². The van der Waals surface area contributed by atoms with Crippen LogP contribution < -0.4 is 5.32 Å². The zero-order chi connectivity index (χ0) is 12.7. The molecule has 0 bridgehead atoms. The number of ether oxygens (including phenoxy) is 1. The van der Waals surface area contributed by atoms with Gasteiger partial charge in [0.2, 0.25) is 0 Å². The lowest BCUT2D eigenvalue weighted by molar-refractivity contribution is 0.0591. The lowest BCUT2D eigenvalue weighted by Crippen LogP contribution is -2.17. The number of benzene rings is 1. The van der Waals surface area contributed by atoms with Crippen molar-refractivity contribution in [2.45, 2.75) is 33.3 Å². The van der Waals surface area contributed by atoms with Gasteiger partial charge in [-0.15, -0.1) is 0 Å². The molecule has 0 aliphatic heterocycles. The molecule has 0 saturated carbocycles. The van der Waals surface area contributed by atoms with Gasteiger partial charge in [-0.1, -0.05) is 37.6 Å². The molecule has 1 unspecified atom stereocenters. The van der Waals surface area contributed by atoms with E-state index in [4.69, 9.17) is 16.3 Å². The average molecular weight is 256 g/mol. The largest absolute Gasteiger partial charge is 0.382 e. The minimum atomic E-state index is 0.322. The highest BCUT2D eigenvalue weighted by Crippen LogP contribution is 2.19. The van der Waals surface area contributed by atoms with Gasteiger partial charge in [0.15, 0.2) is 0 Å². The van der Waals surface area contributed by atoms with Crippen LogP contribution in [0.1, 0.15) is 27.2 Å². The number of hydrogen-bond donors (Lipinski definition) is 1. The minimum absolute atomic E-state index is 0.322. The van der Waals surface area contributed by atoms with Crippen molar-refractivity contribution < 1.29 is 4.74 Å². The lowest BCUT2D eigenvalue weighted by atomic mass is 10.1. The Kier molecular flexibility index (Phi) is 6.38. The smallest absolute Gasteiger partial charge is 0.0642 e. The van der Waals surface area contributed by atoms with E-state index in [1.54, 1.807) is 0 Å². The third-order valence-corrected chi connectivity index (χ3v) is 2.83. The van der Waals surface area contributed by atoms with Gasteiger partial charge in [0.25, 0.3) is 0 Å². The van der Waals surface area contributed by atoms with Gasteiger partial charge in [0.05, 0.1) is 23.4 Å². The van der Waals surface area contributed by atoms with Gasteiger partial charge in [0, 0.05) is 6.54 Å². The fourth-order valence-corrected chi connectivity index (χ4v) is 1.98. The van der Waals surface area contributed by atoms with Gasteiger partial charge < -0.3 is 10.1 Å². The van der Waals surface area contributed by atoms with Crippen molar-refractivity contribution in [3.63, 3.8) is 0 Å². The zero-order valence-corrected chi connectivity index (χ0v) is 11.6. The maximum Gasteiger partial charge on any atom is 0.0642 e. The number of hydrogen-bond acceptors (Lipinski definition) is 2. The van der Waals surface area contributed by atoms with E-state index in [0.717, 1.165) is 23.7 Å². The molecule has 0 radical (unpaired) electrons. The Bertz CT molecular complexity index is 328. The van der Waals surface area contributed by atoms with Crippen LogP contribution in [0.4, 0.5) is 5.69 Å². The first-order chi connectivity index (χ1) is 8.09. The second-order valence-corrected chi connectivity index (χ2v) is 5.12. The highest BCUT2D eigenvalue weighted by molar-refractivity contribution is 6.33. The SMILES string of the molecule is CC(C)CC(C)OCCNc1ccccc1Cl. The van der Waals surface area contributed by atoms with E-state index >= 15 is 0 Å². The average Bonchev–Trinajstić information content (AvgIpc) is 2.25. The molecule has 2 nitrogen and oxygen atoms in total. The summed E-state index contributed by atoms with van der Waals surface area (Å²) in [5, 5.41) is 4.02. The van der Waals surface area contributed by atoms with Crippen molar-refractivity contribution >= 4 is 17.3 Å². The van der Waals surface area contributed by atoms with Gasteiger partial charge in [0.1, 0.15) is 0 Å². The zero-order valence-electron chi connectivity index (χ0n) is 10.9. The molecule has 1 atom stereocenters. The molecule has 3 heteroatoms. The number of rotatable bonds is 7. The predicted molar refractivity (Wildman–Crippen MR) is 74.8 cm³/mol. The Balaban J connectivity index is 2.18. The molecule has 17 heavy (non-hydrogen) atoms. The molecule has 0 aliphatic carbocycles. The summed E-state index contributed by atoms with van der Waals surface area (Å²) in [6.07, 6.45) is 1.43. The maximum absolute atomic E-state index is 6.03. The van der Waals surface area contributed by atoms with E-state index < -0.39 is 0 Å². The molecule has 1 rings (SSSR count). The van der Waals surface area contributed by atoms with Gasteiger partial charge in [-0.2, -0.15) is 0 Å². The predicted octanol–water partition coefficient (Wildman–Crippen LogP) is 4.20. The van der Waals surface area contributed by atoms with E-state index in [9.17, 15) is 0 Å². The van der Waals surface area contributed by atoms with Crippen LogP contribution in [0.2, 0.25) is 5.02 Å². The first kappa shape index (κ1) is 14.3. The molecule has 1 aromatic rings. The summed E-state index contributed by atoms with van der Waals surface area (Å²) in [7, 11) is 0. The highest BCUT2D eigenvalue weighted by Gasteiger charge is 2.04. The summed E-state index contributed by atoms with van der Waals surface area (Å²) in [5.41, 5.74) is 0.967. The van der Waals surface area contributed by atoms with E-state index in [1.807, 2.05) is 24.3 Å². The fourth-order valence-electron chi connectivity index (χ4n) is 1.78. The number of halogens is 1. The highest BCUT2D eigenvalue weighted by atomic mass is 35.5. The second-order valence-electron chi connectivity index (χ2n) is 4.72. The quantitative estimate of drug-likeness (QED) is 0.738. The molecule has 0 heterocycles. The molecule has 0 aliphatic rings. The Morgan fingerprint density at radius 1 is 1.24 bits per heavy atom. The fraction of sp³-hybridized carbons (Fsp3) is 0.571. The van der Waals surface area contributed by atoms with Gasteiger partial charge >= 0.3 is 0 Å². The van der Waals surface area contributed by atoms with E-state index in [2.05, 4.69) is 26.1 Å². The molecule has 1 aromatic carbocycles. The molecule has 1 N–H and O–H groups in total. The molecule has 0 fully saturated rings. The Morgan fingerprint density at radius 2 is 1.94 bits per heavy atom. The topological polar surface area (TPSA) is 21.3 Å². The van der Waals surface area contributed by atoms with E-state index in [-0.39, 0.29) is 0 Å². The van der Waals surface area contributed by atoms with E-state index in [1.165, 1.54) is 0 Å². The van der Waals surface area contributed by atoms with Crippen molar-refractivity contribution in [2.24, 2.45) is 5.92 Å². The third-order valence-electron chi connectivity index (χ3n) is 2.50. The van der Waals surface area contributed by atoms with Gasteiger partial charge in [-0.05, 0) is 31.4 Å². The lowest BCUT2D eigenvalue weighted by Gasteiger charge is -2.15. The van der Waals surface area contributed by atoms with Crippen LogP contribution in [0.25, 0.3) is 0 Å². The molecule has 0 saturated heterocycles. The summed E-state index contributed by atoms with van der Waals surface area (Å²) in [6, 6.07) is 7.75. The van der Waals surface area contributed by atoms with Gasteiger partial charge in [-0.3, -0.25) is 0 Å². The Hall–Kier alpha value is -0.730. The van der Waals surface area contributed by atoms with Crippen LogP contribution in [0, 0.1) is 5.92 Å². The number of nitrogens with one attached hydrogen (secondary N) is 1. The summed E-state index contributed by atoms with van der Waals surface area (Å²) >= 11 is 6.03. The molecule has 0 amide bonds. The standard InChI is InChI=1S/C14H22ClNO/c1-11(2)10-12(3)17-9-8-16-14-7-5-4-6-13(14)15/h4-7,11-12,16H,8-10H2,1-3H3. The molecule has 0 aromatic heterocycles. The van der Waals surface area contributed by atoms with Crippen molar-refractivity contribution in [3.8, 4) is 0 Å². The number of para-hydroxylation sites is 1. The van der Waals surface area contributed by atoms with Crippen molar-refractivity contribution in [1.29, 1.82) is 0 Å². The van der Waals surface area contributed by atoms with Crippen LogP contribution in [0.5, 0.6) is 0 Å². The normalized spacial score (nSPS) is 12.8. The monoisotopic (exact) mass is 255 g/mol. The third kappa shape index (κ3) is 5.94. The molecular formula is C14H22ClNO. The Morgan fingerprint density at radius 3 is 2.59 bits per heavy atom. The summed E-state index contributed by atoms with van der Waals surface area (Å²) in [4.78, 5) is 0. The van der Waals surface area contributed by atoms with Crippen LogP contribution in [0.3, 0.4) is 0 Å². The van der Waals surface area contributed by atoms with Crippen LogP contribution >= 0.6 is 11.6 Å². The van der Waals surface area contributed by atoms with Crippen LogP contribution in [-0.4, -0.2) is 19.3 Å². The summed E-state index contributed by atoms with van der Waals surface area (Å²) in [6.45, 7) is 8.03. The van der Waals surface area contributed by atoms with Gasteiger partial charge in [-0.25, -0.2) is 0 Å². The molecule has 0 spiro atoms. The Labute approximate surface area is 109 Å². The molecular weight excluding hydrogens is 234 g/mol. The number of anilines is 1. The van der Waals surface area contributed by atoms with E-state index in [0.29, 0.717) is 18.6 Å². The van der Waals surface area contributed by atoms with Crippen LogP contribution in [0.15, 0.2) is 24.3 Å². The minimum Gasteiger partial charge on any atom is -0.382 e. The maximum atomic E-state index is 6.03. The first-order valence-electron chi connectivity index (χ1n) is 6.19. The van der Waals surface area contributed by atoms with Crippen molar-refractivity contribution in [1.82, 2.24) is 0 Å². The summed E-state index contributed by atoms with van der Waals surface area (Å²) < 4.78 is 5.71. The van der Waals surface area contributed by atoms with Crippen LogP contribution in [-0.2, 0) is 4.74 Å². The second kappa shape index (κ2) is 7.57. The first-order valence-corrected chi connectivity index (χ1v) is 6.57. The van der Waals surface area contributed by atoms with Crippen molar-refractivity contribution in [2.75, 3.05) is 18.5 Å². The molecule has 96 valence electrons.